The lowest BCUT2D eigenvalue weighted by atomic mass is 10.2. The van der Waals surface area contributed by atoms with Crippen molar-refractivity contribution in [3.63, 3.8) is 0 Å². The Labute approximate surface area is 106 Å². The Kier molecular flexibility index (Phi) is 3.28. The summed E-state index contributed by atoms with van der Waals surface area (Å²) in [7, 11) is 2.02. The van der Waals surface area contributed by atoms with Gasteiger partial charge in [0.05, 0.1) is 0 Å². The topological polar surface area (TPSA) is 37.2 Å². The molecule has 4 heteroatoms. The summed E-state index contributed by atoms with van der Waals surface area (Å²) in [4.78, 5) is 0. The van der Waals surface area contributed by atoms with Crippen LogP contribution in [0.15, 0.2) is 24.3 Å². The molecule has 3 nitrogen and oxygen atoms in total. The summed E-state index contributed by atoms with van der Waals surface area (Å²) in [5.74, 6) is -0.937. The van der Waals surface area contributed by atoms with Crippen molar-refractivity contribution in [1.82, 2.24) is 4.57 Å². The number of benzene rings is 1. The van der Waals surface area contributed by atoms with Gasteiger partial charge in [-0.25, -0.2) is 4.39 Å². The minimum absolute atomic E-state index is 0.327. The zero-order valence-corrected chi connectivity index (χ0v) is 10.8. The largest absolute Gasteiger partial charge is 0.505 e. The predicted octanol–water partition coefficient (Wildman–Crippen LogP) is 3.10. The van der Waals surface area contributed by atoms with E-state index in [4.69, 9.17) is 5.11 Å². The molecular formula is C14H17FN2O. The van der Waals surface area contributed by atoms with Gasteiger partial charge in [-0.05, 0) is 37.6 Å². The number of aryl methyl sites for hydroxylation is 1. The van der Waals surface area contributed by atoms with Crippen molar-refractivity contribution < 1.29 is 9.50 Å². The monoisotopic (exact) mass is 248 g/mol. The minimum atomic E-state index is -0.610. The normalized spacial score (nSPS) is 10.7. The molecule has 0 unspecified atom stereocenters. The molecule has 0 aliphatic heterocycles. The summed E-state index contributed by atoms with van der Waals surface area (Å²) < 4.78 is 15.3. The number of halogens is 1. The van der Waals surface area contributed by atoms with Crippen LogP contribution in [-0.4, -0.2) is 9.67 Å². The first kappa shape index (κ1) is 12.5. The number of aromatic hydroxyl groups is 1. The van der Waals surface area contributed by atoms with Gasteiger partial charge in [-0.3, -0.25) is 0 Å². The lowest BCUT2D eigenvalue weighted by Gasteiger charge is -2.07. The first-order valence-corrected chi connectivity index (χ1v) is 5.83. The molecule has 0 aliphatic rings. The van der Waals surface area contributed by atoms with E-state index in [1.807, 2.05) is 7.05 Å². The standard InChI is InChI=1S/C14H17FN2O/c1-9-6-11(10(2)17(9)3)8-16-12-4-5-14(18)13(15)7-12/h4-7,16,18H,8H2,1-3H3. The lowest BCUT2D eigenvalue weighted by molar-refractivity contribution is 0.432. The fourth-order valence-corrected chi connectivity index (χ4v) is 1.93. The van der Waals surface area contributed by atoms with Crippen LogP contribution in [0, 0.1) is 19.7 Å². The molecule has 0 radical (unpaired) electrons. The Morgan fingerprint density at radius 3 is 2.56 bits per heavy atom. The molecule has 0 fully saturated rings. The fraction of sp³-hybridized carbons (Fsp3) is 0.286. The van der Waals surface area contributed by atoms with E-state index < -0.39 is 5.82 Å². The number of anilines is 1. The number of phenolic OH excluding ortho intramolecular Hbond substituents is 1. The number of phenols is 1. The van der Waals surface area contributed by atoms with Crippen LogP contribution in [0.3, 0.4) is 0 Å². The summed E-state index contributed by atoms with van der Waals surface area (Å²) in [5.41, 5.74) is 4.23. The van der Waals surface area contributed by atoms with Crippen molar-refractivity contribution >= 4 is 5.69 Å². The first-order valence-electron chi connectivity index (χ1n) is 5.83. The van der Waals surface area contributed by atoms with Crippen LogP contribution in [0.5, 0.6) is 5.75 Å². The third-order valence-electron chi connectivity index (χ3n) is 3.31. The summed E-state index contributed by atoms with van der Waals surface area (Å²) in [6, 6.07) is 6.41. The van der Waals surface area contributed by atoms with E-state index in [0.717, 1.165) is 0 Å². The molecule has 0 aliphatic carbocycles. The quantitative estimate of drug-likeness (QED) is 0.819. The Morgan fingerprint density at radius 2 is 2.00 bits per heavy atom. The van der Waals surface area contributed by atoms with Gasteiger partial charge in [0.25, 0.3) is 0 Å². The highest BCUT2D eigenvalue weighted by atomic mass is 19.1. The molecule has 96 valence electrons. The highest BCUT2D eigenvalue weighted by Gasteiger charge is 2.06. The molecule has 0 spiro atoms. The van der Waals surface area contributed by atoms with Gasteiger partial charge in [0.1, 0.15) is 0 Å². The van der Waals surface area contributed by atoms with Crippen LogP contribution >= 0.6 is 0 Å². The Morgan fingerprint density at radius 1 is 1.28 bits per heavy atom. The van der Waals surface area contributed by atoms with Gasteiger partial charge >= 0.3 is 0 Å². The molecule has 0 saturated carbocycles. The van der Waals surface area contributed by atoms with Crippen LogP contribution in [0.4, 0.5) is 10.1 Å². The van der Waals surface area contributed by atoms with E-state index in [-0.39, 0.29) is 5.75 Å². The summed E-state index contributed by atoms with van der Waals surface area (Å²) in [6.45, 7) is 4.75. The lowest BCUT2D eigenvalue weighted by Crippen LogP contribution is -2.01. The van der Waals surface area contributed by atoms with Crippen LogP contribution < -0.4 is 5.32 Å². The Balaban J connectivity index is 2.11. The maximum Gasteiger partial charge on any atom is 0.166 e. The molecule has 0 bridgehead atoms. The van der Waals surface area contributed by atoms with Crippen LogP contribution in [0.2, 0.25) is 0 Å². The van der Waals surface area contributed by atoms with Crippen molar-refractivity contribution in [1.29, 1.82) is 0 Å². The molecule has 2 N–H and O–H groups in total. The SMILES string of the molecule is Cc1cc(CNc2ccc(O)c(F)c2)c(C)n1C. The first-order chi connectivity index (χ1) is 8.49. The van der Waals surface area contributed by atoms with E-state index in [9.17, 15) is 4.39 Å². The maximum absolute atomic E-state index is 13.2. The van der Waals surface area contributed by atoms with Gasteiger partial charge in [0.15, 0.2) is 11.6 Å². The minimum Gasteiger partial charge on any atom is -0.505 e. The maximum atomic E-state index is 13.2. The van der Waals surface area contributed by atoms with Gasteiger partial charge < -0.3 is 15.0 Å². The molecular weight excluding hydrogens is 231 g/mol. The van der Waals surface area contributed by atoms with E-state index in [1.165, 1.54) is 29.1 Å². The van der Waals surface area contributed by atoms with E-state index >= 15 is 0 Å². The van der Waals surface area contributed by atoms with Crippen LogP contribution in [0.25, 0.3) is 0 Å². The van der Waals surface area contributed by atoms with Gasteiger partial charge in [-0.1, -0.05) is 0 Å². The Bertz CT molecular complexity index is 575. The van der Waals surface area contributed by atoms with E-state index in [2.05, 4.69) is 29.8 Å². The molecule has 1 aromatic carbocycles. The molecule has 1 heterocycles. The number of rotatable bonds is 3. The highest BCUT2D eigenvalue weighted by molar-refractivity contribution is 5.47. The van der Waals surface area contributed by atoms with Gasteiger partial charge in [-0.15, -0.1) is 0 Å². The summed E-state index contributed by atoms with van der Waals surface area (Å²) in [6.07, 6.45) is 0. The van der Waals surface area contributed by atoms with Crippen LogP contribution in [-0.2, 0) is 13.6 Å². The number of nitrogens with zero attached hydrogens (tertiary/aromatic N) is 1. The van der Waals surface area contributed by atoms with Crippen molar-refractivity contribution in [3.05, 3.63) is 47.0 Å². The Hall–Kier alpha value is -1.97. The highest BCUT2D eigenvalue weighted by Crippen LogP contribution is 2.21. The van der Waals surface area contributed by atoms with E-state index in [0.29, 0.717) is 12.2 Å². The third-order valence-corrected chi connectivity index (χ3v) is 3.31. The number of nitrogens with one attached hydrogen (secondary N) is 1. The fourth-order valence-electron chi connectivity index (χ4n) is 1.93. The molecule has 2 aromatic rings. The third kappa shape index (κ3) is 2.32. The number of aromatic nitrogens is 1. The van der Waals surface area contributed by atoms with Crippen molar-refractivity contribution in [2.75, 3.05) is 5.32 Å². The average molecular weight is 248 g/mol. The van der Waals surface area contributed by atoms with Crippen molar-refractivity contribution in [2.45, 2.75) is 20.4 Å². The van der Waals surface area contributed by atoms with Crippen molar-refractivity contribution in [2.24, 2.45) is 7.05 Å². The summed E-state index contributed by atoms with van der Waals surface area (Å²) in [5, 5.41) is 12.3. The van der Waals surface area contributed by atoms with Crippen LogP contribution in [0.1, 0.15) is 17.0 Å². The van der Waals surface area contributed by atoms with E-state index in [1.54, 1.807) is 6.07 Å². The van der Waals surface area contributed by atoms with Gasteiger partial charge in [0.2, 0.25) is 0 Å². The van der Waals surface area contributed by atoms with Gasteiger partial charge in [-0.2, -0.15) is 0 Å². The second kappa shape index (κ2) is 4.72. The number of hydrogen-bond acceptors (Lipinski definition) is 2. The molecule has 2 rings (SSSR count). The molecule has 0 amide bonds. The second-order valence-electron chi connectivity index (χ2n) is 4.48. The zero-order chi connectivity index (χ0) is 13.3. The predicted molar refractivity (Wildman–Crippen MR) is 70.3 cm³/mol. The average Bonchev–Trinajstić information content (AvgIpc) is 2.58. The smallest absolute Gasteiger partial charge is 0.166 e. The van der Waals surface area contributed by atoms with Crippen molar-refractivity contribution in [3.8, 4) is 5.75 Å². The molecule has 0 atom stereocenters. The molecule has 0 saturated heterocycles. The molecule has 1 aromatic heterocycles. The second-order valence-corrected chi connectivity index (χ2v) is 4.48. The van der Waals surface area contributed by atoms with Gasteiger partial charge in [0, 0.05) is 36.7 Å². The molecule has 18 heavy (non-hydrogen) atoms. The number of hydrogen-bond donors (Lipinski definition) is 2. The zero-order valence-electron chi connectivity index (χ0n) is 10.8. The summed E-state index contributed by atoms with van der Waals surface area (Å²) >= 11 is 0.